The summed E-state index contributed by atoms with van der Waals surface area (Å²) in [6.07, 6.45) is 0. The summed E-state index contributed by atoms with van der Waals surface area (Å²) in [4.78, 5) is 24.8. The van der Waals surface area contributed by atoms with Gasteiger partial charge in [0.15, 0.2) is 0 Å². The number of amides is 2. The van der Waals surface area contributed by atoms with E-state index in [1.807, 2.05) is 30.3 Å². The van der Waals surface area contributed by atoms with E-state index < -0.39 is 17.6 Å². The van der Waals surface area contributed by atoms with Gasteiger partial charge < -0.3 is 10.6 Å². The SMILES string of the molecule is O=C(Cn1nnc(-c2ccccc2)n1)NCC(=O)Nc1ccc(F)cc1. The number of nitrogens with one attached hydrogen (secondary N) is 2. The number of rotatable bonds is 6. The Balaban J connectivity index is 1.47. The molecule has 2 aromatic carbocycles. The van der Waals surface area contributed by atoms with Gasteiger partial charge in [0.25, 0.3) is 0 Å². The van der Waals surface area contributed by atoms with E-state index in [9.17, 15) is 14.0 Å². The normalized spacial score (nSPS) is 10.3. The molecule has 8 nitrogen and oxygen atoms in total. The molecular formula is C17H15FN6O2. The number of anilines is 1. The van der Waals surface area contributed by atoms with E-state index in [-0.39, 0.29) is 13.1 Å². The minimum atomic E-state index is -0.434. The van der Waals surface area contributed by atoms with Crippen molar-refractivity contribution in [2.45, 2.75) is 6.54 Å². The van der Waals surface area contributed by atoms with Crippen molar-refractivity contribution >= 4 is 17.5 Å². The molecule has 3 aromatic rings. The average molecular weight is 354 g/mol. The van der Waals surface area contributed by atoms with Gasteiger partial charge in [0.05, 0.1) is 6.54 Å². The van der Waals surface area contributed by atoms with Crippen molar-refractivity contribution in [1.29, 1.82) is 0 Å². The lowest BCUT2D eigenvalue weighted by Crippen LogP contribution is -2.35. The molecule has 2 amide bonds. The van der Waals surface area contributed by atoms with E-state index in [1.165, 1.54) is 24.3 Å². The first kappa shape index (κ1) is 17.2. The van der Waals surface area contributed by atoms with Gasteiger partial charge in [-0.05, 0) is 29.5 Å². The van der Waals surface area contributed by atoms with E-state index in [0.29, 0.717) is 11.5 Å². The van der Waals surface area contributed by atoms with Gasteiger partial charge in [-0.3, -0.25) is 9.59 Å². The number of tetrazole rings is 1. The third kappa shape index (κ3) is 4.69. The molecular weight excluding hydrogens is 339 g/mol. The van der Waals surface area contributed by atoms with E-state index in [0.717, 1.165) is 10.4 Å². The molecule has 0 spiro atoms. The third-order valence-electron chi connectivity index (χ3n) is 3.34. The molecule has 2 N–H and O–H groups in total. The average Bonchev–Trinajstić information content (AvgIpc) is 3.11. The lowest BCUT2D eigenvalue weighted by Gasteiger charge is -2.06. The van der Waals surface area contributed by atoms with E-state index >= 15 is 0 Å². The Morgan fingerprint density at radius 3 is 2.46 bits per heavy atom. The Morgan fingerprint density at radius 1 is 1.00 bits per heavy atom. The number of aromatic nitrogens is 4. The molecule has 0 bridgehead atoms. The van der Waals surface area contributed by atoms with Crippen molar-refractivity contribution in [3.63, 3.8) is 0 Å². The molecule has 0 saturated heterocycles. The van der Waals surface area contributed by atoms with Crippen LogP contribution in [0, 0.1) is 5.82 Å². The molecule has 0 saturated carbocycles. The molecule has 26 heavy (non-hydrogen) atoms. The Kier molecular flexibility index (Phi) is 5.28. The zero-order valence-electron chi connectivity index (χ0n) is 13.6. The molecule has 0 unspecified atom stereocenters. The molecule has 3 rings (SSSR count). The summed E-state index contributed by atoms with van der Waals surface area (Å²) in [6.45, 7) is -0.389. The molecule has 9 heteroatoms. The van der Waals surface area contributed by atoms with Crippen LogP contribution in [0.1, 0.15) is 0 Å². The lowest BCUT2D eigenvalue weighted by atomic mass is 10.2. The molecule has 132 valence electrons. The monoisotopic (exact) mass is 354 g/mol. The van der Waals surface area contributed by atoms with E-state index in [4.69, 9.17) is 0 Å². The zero-order chi connectivity index (χ0) is 18.4. The lowest BCUT2D eigenvalue weighted by molar-refractivity contribution is -0.124. The number of nitrogens with zero attached hydrogens (tertiary/aromatic N) is 4. The minimum Gasteiger partial charge on any atom is -0.345 e. The number of halogens is 1. The highest BCUT2D eigenvalue weighted by Gasteiger charge is 2.10. The maximum atomic E-state index is 12.8. The summed E-state index contributed by atoms with van der Waals surface area (Å²) in [5.41, 5.74) is 1.23. The number of hydrogen-bond acceptors (Lipinski definition) is 5. The molecule has 0 aliphatic heterocycles. The highest BCUT2D eigenvalue weighted by molar-refractivity contribution is 5.94. The quantitative estimate of drug-likeness (QED) is 0.693. The van der Waals surface area contributed by atoms with Crippen molar-refractivity contribution in [1.82, 2.24) is 25.5 Å². The van der Waals surface area contributed by atoms with Crippen LogP contribution < -0.4 is 10.6 Å². The van der Waals surface area contributed by atoms with Crippen LogP contribution in [0.25, 0.3) is 11.4 Å². The summed E-state index contributed by atoms with van der Waals surface area (Å²) in [7, 11) is 0. The fourth-order valence-electron chi connectivity index (χ4n) is 2.11. The summed E-state index contributed by atoms with van der Waals surface area (Å²) >= 11 is 0. The van der Waals surface area contributed by atoms with Gasteiger partial charge in [0.1, 0.15) is 12.4 Å². The second-order valence-corrected chi connectivity index (χ2v) is 5.34. The number of carbonyl (C=O) groups excluding carboxylic acids is 2. The summed E-state index contributed by atoms with van der Waals surface area (Å²) in [5, 5.41) is 16.8. The van der Waals surface area contributed by atoms with Gasteiger partial charge in [-0.1, -0.05) is 30.3 Å². The standard InChI is InChI=1S/C17H15FN6O2/c18-13-6-8-14(9-7-13)20-15(25)10-19-16(26)11-24-22-17(21-23-24)12-4-2-1-3-5-12/h1-9H,10-11H2,(H,19,26)(H,20,25). The predicted molar refractivity (Wildman–Crippen MR) is 91.3 cm³/mol. The molecule has 0 fully saturated rings. The highest BCUT2D eigenvalue weighted by Crippen LogP contribution is 2.11. The van der Waals surface area contributed by atoms with Gasteiger partial charge >= 0.3 is 0 Å². The van der Waals surface area contributed by atoms with Crippen LogP contribution in [-0.2, 0) is 16.1 Å². The molecule has 1 heterocycles. The van der Waals surface area contributed by atoms with Gasteiger partial charge in [-0.25, -0.2) is 4.39 Å². The Morgan fingerprint density at radius 2 is 1.73 bits per heavy atom. The van der Waals surface area contributed by atoms with E-state index in [1.54, 1.807) is 0 Å². The summed E-state index contributed by atoms with van der Waals surface area (Å²) in [5.74, 6) is -0.850. The molecule has 0 aliphatic carbocycles. The maximum Gasteiger partial charge on any atom is 0.244 e. The number of hydrogen-bond donors (Lipinski definition) is 2. The zero-order valence-corrected chi connectivity index (χ0v) is 13.6. The Labute approximate surface area is 148 Å². The molecule has 0 atom stereocenters. The second kappa shape index (κ2) is 7.97. The molecule has 0 radical (unpaired) electrons. The van der Waals surface area contributed by atoms with Gasteiger partial charge in [-0.15, -0.1) is 10.2 Å². The van der Waals surface area contributed by atoms with Gasteiger partial charge in [0, 0.05) is 11.3 Å². The first-order valence-corrected chi connectivity index (χ1v) is 7.75. The Bertz CT molecular complexity index is 895. The topological polar surface area (TPSA) is 102 Å². The molecule has 1 aromatic heterocycles. The van der Waals surface area contributed by atoms with Crippen LogP contribution >= 0.6 is 0 Å². The predicted octanol–water partition coefficient (Wildman–Crippen LogP) is 1.23. The van der Waals surface area contributed by atoms with Crippen molar-refractivity contribution in [3.8, 4) is 11.4 Å². The minimum absolute atomic E-state index is 0.163. The first-order chi connectivity index (χ1) is 12.6. The van der Waals surface area contributed by atoms with Crippen LogP contribution in [0.2, 0.25) is 0 Å². The third-order valence-corrected chi connectivity index (χ3v) is 3.34. The smallest absolute Gasteiger partial charge is 0.244 e. The van der Waals surface area contributed by atoms with Crippen molar-refractivity contribution in [3.05, 3.63) is 60.4 Å². The second-order valence-electron chi connectivity index (χ2n) is 5.34. The largest absolute Gasteiger partial charge is 0.345 e. The van der Waals surface area contributed by atoms with Gasteiger partial charge in [-0.2, -0.15) is 4.80 Å². The van der Waals surface area contributed by atoms with Crippen molar-refractivity contribution in [2.75, 3.05) is 11.9 Å². The van der Waals surface area contributed by atoms with Crippen molar-refractivity contribution < 1.29 is 14.0 Å². The van der Waals surface area contributed by atoms with E-state index in [2.05, 4.69) is 26.0 Å². The highest BCUT2D eigenvalue weighted by atomic mass is 19.1. The van der Waals surface area contributed by atoms with Crippen LogP contribution in [0.5, 0.6) is 0 Å². The van der Waals surface area contributed by atoms with Crippen molar-refractivity contribution in [2.24, 2.45) is 0 Å². The molecule has 0 aliphatic rings. The number of carbonyl (C=O) groups is 2. The van der Waals surface area contributed by atoms with Crippen LogP contribution in [0.3, 0.4) is 0 Å². The summed E-state index contributed by atoms with van der Waals surface area (Å²) < 4.78 is 12.8. The van der Waals surface area contributed by atoms with Crippen LogP contribution in [0.4, 0.5) is 10.1 Å². The fraction of sp³-hybridized carbons (Fsp3) is 0.118. The summed E-state index contributed by atoms with van der Waals surface area (Å²) in [6, 6.07) is 14.6. The first-order valence-electron chi connectivity index (χ1n) is 7.75. The van der Waals surface area contributed by atoms with Gasteiger partial charge in [0.2, 0.25) is 17.6 Å². The van der Waals surface area contributed by atoms with Crippen LogP contribution in [0.15, 0.2) is 54.6 Å². The fourth-order valence-corrected chi connectivity index (χ4v) is 2.11. The number of benzene rings is 2. The maximum absolute atomic E-state index is 12.8. The van der Waals surface area contributed by atoms with Crippen LogP contribution in [-0.4, -0.2) is 38.6 Å². The Hall–Kier alpha value is -3.62.